The second kappa shape index (κ2) is 3.99. The lowest BCUT2D eigenvalue weighted by molar-refractivity contribution is -0.124. The van der Waals surface area contributed by atoms with Crippen molar-refractivity contribution in [2.24, 2.45) is 17.1 Å². The van der Waals surface area contributed by atoms with Gasteiger partial charge in [0.25, 0.3) is 0 Å². The summed E-state index contributed by atoms with van der Waals surface area (Å²) in [6.07, 6.45) is 0.746. The average Bonchev–Trinajstić information content (AvgIpc) is 1.86. The van der Waals surface area contributed by atoms with Crippen molar-refractivity contribution in [2.45, 2.75) is 34.1 Å². The first-order valence-electron chi connectivity index (χ1n) is 4.14. The van der Waals surface area contributed by atoms with Gasteiger partial charge in [0.2, 0.25) is 5.91 Å². The summed E-state index contributed by atoms with van der Waals surface area (Å²) in [5.41, 5.74) is 5.02. The van der Waals surface area contributed by atoms with Crippen molar-refractivity contribution in [2.75, 3.05) is 0 Å². The zero-order valence-corrected chi connectivity index (χ0v) is 8.99. The molecule has 0 aromatic carbocycles. The van der Waals surface area contributed by atoms with Gasteiger partial charge in [0.05, 0.1) is 0 Å². The molecular formula is C9H17NOS. The lowest BCUT2D eigenvalue weighted by Crippen LogP contribution is -2.39. The molecule has 0 rings (SSSR count). The van der Waals surface area contributed by atoms with Gasteiger partial charge in [0, 0.05) is 11.3 Å². The quantitative estimate of drug-likeness (QED) is 0.683. The van der Waals surface area contributed by atoms with Crippen LogP contribution in [0, 0.1) is 11.3 Å². The molecule has 0 radical (unpaired) electrons. The van der Waals surface area contributed by atoms with E-state index in [2.05, 4.69) is 0 Å². The highest BCUT2D eigenvalue weighted by Gasteiger charge is 2.33. The summed E-state index contributed by atoms with van der Waals surface area (Å²) in [6, 6.07) is 0. The minimum absolute atomic E-state index is 0.144. The Labute approximate surface area is 79.5 Å². The van der Waals surface area contributed by atoms with Crippen LogP contribution in [0.15, 0.2) is 0 Å². The van der Waals surface area contributed by atoms with Gasteiger partial charge in [0.1, 0.15) is 0 Å². The number of amides is 1. The Morgan fingerprint density at radius 1 is 1.58 bits per heavy atom. The molecule has 3 heteroatoms. The predicted octanol–water partition coefficient (Wildman–Crippen LogP) is 1.91. The van der Waals surface area contributed by atoms with E-state index < -0.39 is 0 Å². The highest BCUT2D eigenvalue weighted by Crippen LogP contribution is 2.30. The van der Waals surface area contributed by atoms with Gasteiger partial charge in [-0.3, -0.25) is 4.79 Å². The molecule has 0 bridgehead atoms. The third kappa shape index (κ3) is 2.27. The standard InChI is InChI=1S/C9H17NOS/c1-5-7(8(10)11)9(3,4)6(2)12/h7H,5H2,1-4H3,(H2,10,11). The summed E-state index contributed by atoms with van der Waals surface area (Å²) in [6.45, 7) is 7.75. The van der Waals surface area contributed by atoms with E-state index in [-0.39, 0.29) is 17.2 Å². The Balaban J connectivity index is 4.71. The van der Waals surface area contributed by atoms with Gasteiger partial charge in [-0.15, -0.1) is 0 Å². The van der Waals surface area contributed by atoms with E-state index in [9.17, 15) is 4.79 Å². The summed E-state index contributed by atoms with van der Waals surface area (Å²) in [5, 5.41) is 0. The second-order valence-corrected chi connectivity index (χ2v) is 4.25. The third-order valence-corrected chi connectivity index (χ3v) is 3.06. The van der Waals surface area contributed by atoms with E-state index in [0.717, 1.165) is 11.3 Å². The van der Waals surface area contributed by atoms with Gasteiger partial charge in [-0.2, -0.15) is 0 Å². The molecule has 1 amide bonds. The number of primary amides is 1. The van der Waals surface area contributed by atoms with E-state index in [1.807, 2.05) is 27.7 Å². The van der Waals surface area contributed by atoms with Crippen molar-refractivity contribution >= 4 is 23.0 Å². The maximum Gasteiger partial charge on any atom is 0.221 e. The van der Waals surface area contributed by atoms with Gasteiger partial charge >= 0.3 is 0 Å². The molecule has 2 N–H and O–H groups in total. The Morgan fingerprint density at radius 3 is 2.08 bits per heavy atom. The maximum atomic E-state index is 11.0. The molecule has 0 aromatic rings. The Kier molecular flexibility index (Phi) is 3.84. The van der Waals surface area contributed by atoms with Gasteiger partial charge in [-0.1, -0.05) is 33.0 Å². The number of hydrogen-bond donors (Lipinski definition) is 1. The first-order chi connectivity index (χ1) is 5.34. The fourth-order valence-corrected chi connectivity index (χ4v) is 1.45. The SMILES string of the molecule is CCC(C(N)=O)C(C)(C)C(C)=S. The third-order valence-electron chi connectivity index (χ3n) is 2.53. The van der Waals surface area contributed by atoms with Gasteiger partial charge < -0.3 is 5.73 Å². The minimum atomic E-state index is -0.258. The molecule has 70 valence electrons. The summed E-state index contributed by atoms with van der Waals surface area (Å²) in [7, 11) is 0. The Bertz CT molecular complexity index is 199. The molecule has 0 saturated heterocycles. The summed E-state index contributed by atoms with van der Waals surface area (Å²) in [4.78, 5) is 11.9. The summed E-state index contributed by atoms with van der Waals surface area (Å²) in [5.74, 6) is -0.401. The normalized spacial score (nSPS) is 14.0. The van der Waals surface area contributed by atoms with Crippen LogP contribution in [0.5, 0.6) is 0 Å². The molecule has 1 unspecified atom stereocenters. The highest BCUT2D eigenvalue weighted by atomic mass is 32.1. The van der Waals surface area contributed by atoms with E-state index in [0.29, 0.717) is 0 Å². The number of carbonyl (C=O) groups is 1. The molecular weight excluding hydrogens is 170 g/mol. The van der Waals surface area contributed by atoms with Crippen LogP contribution in [0.4, 0.5) is 0 Å². The Morgan fingerprint density at radius 2 is 2.00 bits per heavy atom. The number of hydrogen-bond acceptors (Lipinski definition) is 2. The number of thiocarbonyl (C=S) groups is 1. The van der Waals surface area contributed by atoms with Crippen LogP contribution in [0.3, 0.4) is 0 Å². The molecule has 0 aromatic heterocycles. The molecule has 12 heavy (non-hydrogen) atoms. The van der Waals surface area contributed by atoms with Crippen LogP contribution >= 0.6 is 12.2 Å². The van der Waals surface area contributed by atoms with Crippen LogP contribution in [0.1, 0.15) is 34.1 Å². The molecule has 2 nitrogen and oxygen atoms in total. The molecule has 0 aliphatic heterocycles. The van der Waals surface area contributed by atoms with Crippen molar-refractivity contribution in [3.63, 3.8) is 0 Å². The lowest BCUT2D eigenvalue weighted by Gasteiger charge is -2.30. The molecule has 0 aliphatic rings. The number of rotatable bonds is 4. The highest BCUT2D eigenvalue weighted by molar-refractivity contribution is 7.80. The molecule has 0 saturated carbocycles. The van der Waals surface area contributed by atoms with Gasteiger partial charge in [-0.05, 0) is 18.2 Å². The monoisotopic (exact) mass is 187 g/mol. The number of carbonyl (C=O) groups excluding carboxylic acids is 1. The van der Waals surface area contributed by atoms with Crippen LogP contribution < -0.4 is 5.73 Å². The fourth-order valence-electron chi connectivity index (χ4n) is 1.31. The number of nitrogens with two attached hydrogens (primary N) is 1. The lowest BCUT2D eigenvalue weighted by atomic mass is 9.75. The van der Waals surface area contributed by atoms with Crippen LogP contribution in [0.25, 0.3) is 0 Å². The zero-order valence-electron chi connectivity index (χ0n) is 8.18. The van der Waals surface area contributed by atoms with Crippen molar-refractivity contribution in [3.8, 4) is 0 Å². The van der Waals surface area contributed by atoms with Crippen LogP contribution in [0.2, 0.25) is 0 Å². The molecule has 0 spiro atoms. The van der Waals surface area contributed by atoms with Gasteiger partial charge in [-0.25, -0.2) is 0 Å². The maximum absolute atomic E-state index is 11.0. The minimum Gasteiger partial charge on any atom is -0.369 e. The topological polar surface area (TPSA) is 43.1 Å². The smallest absolute Gasteiger partial charge is 0.221 e. The van der Waals surface area contributed by atoms with Crippen LogP contribution in [-0.2, 0) is 4.79 Å². The van der Waals surface area contributed by atoms with Crippen LogP contribution in [-0.4, -0.2) is 10.8 Å². The van der Waals surface area contributed by atoms with E-state index >= 15 is 0 Å². The Hall–Kier alpha value is -0.440. The average molecular weight is 187 g/mol. The second-order valence-electron chi connectivity index (χ2n) is 3.64. The molecule has 0 fully saturated rings. The van der Waals surface area contributed by atoms with E-state index in [1.165, 1.54) is 0 Å². The van der Waals surface area contributed by atoms with Crippen molar-refractivity contribution in [1.82, 2.24) is 0 Å². The summed E-state index contributed by atoms with van der Waals surface area (Å²) >= 11 is 5.09. The fraction of sp³-hybridized carbons (Fsp3) is 0.778. The zero-order chi connectivity index (χ0) is 9.94. The van der Waals surface area contributed by atoms with Crippen molar-refractivity contribution in [1.29, 1.82) is 0 Å². The largest absolute Gasteiger partial charge is 0.369 e. The first-order valence-corrected chi connectivity index (χ1v) is 4.55. The molecule has 1 atom stereocenters. The van der Waals surface area contributed by atoms with E-state index in [1.54, 1.807) is 0 Å². The van der Waals surface area contributed by atoms with Crippen molar-refractivity contribution < 1.29 is 4.79 Å². The predicted molar refractivity (Wildman–Crippen MR) is 55.0 cm³/mol. The van der Waals surface area contributed by atoms with Gasteiger partial charge in [0.15, 0.2) is 0 Å². The van der Waals surface area contributed by atoms with E-state index in [4.69, 9.17) is 18.0 Å². The molecule has 0 aliphatic carbocycles. The van der Waals surface area contributed by atoms with Crippen molar-refractivity contribution in [3.05, 3.63) is 0 Å². The molecule has 0 heterocycles. The first kappa shape index (κ1) is 11.6. The summed E-state index contributed by atoms with van der Waals surface area (Å²) < 4.78 is 0.